The first-order chi connectivity index (χ1) is 15.5. The van der Waals surface area contributed by atoms with Crippen LogP contribution in [-0.2, 0) is 9.16 Å². The smallest absolute Gasteiger partial charge is 0.200 e. The van der Waals surface area contributed by atoms with E-state index in [-0.39, 0.29) is 12.0 Å². The van der Waals surface area contributed by atoms with Gasteiger partial charge < -0.3 is 9.16 Å². The third kappa shape index (κ3) is 7.41. The molecular formula is C28H46N2O2Si. The summed E-state index contributed by atoms with van der Waals surface area (Å²) in [4.78, 5) is 0. The zero-order valence-corrected chi connectivity index (χ0v) is 23.4. The summed E-state index contributed by atoms with van der Waals surface area (Å²) in [5, 5.41) is 19.7. The maximum atomic E-state index is 9.84. The van der Waals surface area contributed by atoms with E-state index in [1.807, 2.05) is 12.2 Å². The Bertz CT molecular complexity index is 760. The van der Waals surface area contributed by atoms with Gasteiger partial charge in [0.25, 0.3) is 0 Å². The monoisotopic (exact) mass is 470 g/mol. The standard InChI is InChI=1S/C28H46N2O2Si/c1-21(2)33(22(3)4,23(5)6)32-27-15-14-24(7)26(18-31-9)17-28(19-29,20-30)16-12-10-11-13-25(27)8/h10-13,21-23,25,27H,14-18H2,1-9H3/b12-10-,13-11+,26-24-/t25-,27-/m0/s1. The van der Waals surface area contributed by atoms with Crippen molar-refractivity contribution in [2.45, 2.75) is 104 Å². The summed E-state index contributed by atoms with van der Waals surface area (Å²) >= 11 is 0. The molecule has 0 saturated carbocycles. The minimum absolute atomic E-state index is 0.129. The summed E-state index contributed by atoms with van der Waals surface area (Å²) in [5.74, 6) is 0.272. The highest BCUT2D eigenvalue weighted by atomic mass is 28.4. The molecule has 0 radical (unpaired) electrons. The Hall–Kier alpha value is -1.66. The fourth-order valence-corrected chi connectivity index (χ4v) is 11.2. The number of rotatable bonds is 7. The quantitative estimate of drug-likeness (QED) is 0.280. The van der Waals surface area contributed by atoms with Crippen molar-refractivity contribution in [2.24, 2.45) is 11.3 Å². The number of hydrogen-bond acceptors (Lipinski definition) is 4. The first-order valence-corrected chi connectivity index (χ1v) is 14.6. The van der Waals surface area contributed by atoms with Crippen LogP contribution in [0, 0.1) is 34.0 Å². The first kappa shape index (κ1) is 29.4. The highest BCUT2D eigenvalue weighted by molar-refractivity contribution is 6.77. The highest BCUT2D eigenvalue weighted by Gasteiger charge is 2.47. The van der Waals surface area contributed by atoms with Gasteiger partial charge in [-0.05, 0) is 54.3 Å². The van der Waals surface area contributed by atoms with Crippen molar-refractivity contribution in [2.75, 3.05) is 13.7 Å². The molecule has 0 amide bonds. The van der Waals surface area contributed by atoms with Gasteiger partial charge in [0.1, 0.15) is 0 Å². The molecule has 184 valence electrons. The summed E-state index contributed by atoms with van der Waals surface area (Å²) in [5.41, 5.74) is 2.81. The molecule has 2 atom stereocenters. The van der Waals surface area contributed by atoms with E-state index in [4.69, 9.17) is 9.16 Å². The zero-order valence-electron chi connectivity index (χ0n) is 22.4. The van der Waals surface area contributed by atoms with Gasteiger partial charge in [-0.3, -0.25) is 0 Å². The van der Waals surface area contributed by atoms with Gasteiger partial charge >= 0.3 is 0 Å². The van der Waals surface area contributed by atoms with Gasteiger partial charge in [0, 0.05) is 13.5 Å². The van der Waals surface area contributed by atoms with Crippen molar-refractivity contribution in [1.82, 2.24) is 0 Å². The van der Waals surface area contributed by atoms with Crippen molar-refractivity contribution in [3.8, 4) is 12.1 Å². The lowest BCUT2D eigenvalue weighted by atomic mass is 9.79. The van der Waals surface area contributed by atoms with Gasteiger partial charge in [0.05, 0.1) is 24.8 Å². The molecular weight excluding hydrogens is 424 g/mol. The molecule has 0 fully saturated rings. The molecule has 0 spiro atoms. The molecule has 0 N–H and O–H groups in total. The van der Waals surface area contributed by atoms with Crippen molar-refractivity contribution >= 4 is 8.32 Å². The van der Waals surface area contributed by atoms with Crippen molar-refractivity contribution in [3.63, 3.8) is 0 Å². The van der Waals surface area contributed by atoms with Crippen LogP contribution in [0.1, 0.15) is 81.1 Å². The van der Waals surface area contributed by atoms with E-state index in [0.717, 1.165) is 18.4 Å². The maximum absolute atomic E-state index is 9.84. The van der Waals surface area contributed by atoms with Crippen LogP contribution in [0.5, 0.6) is 0 Å². The fraction of sp³-hybridized carbons (Fsp3) is 0.714. The number of ether oxygens (including phenoxy) is 1. The van der Waals surface area contributed by atoms with E-state index in [0.29, 0.717) is 36.1 Å². The second-order valence-electron chi connectivity index (χ2n) is 10.7. The topological polar surface area (TPSA) is 66.0 Å². The predicted molar refractivity (Wildman–Crippen MR) is 140 cm³/mol. The summed E-state index contributed by atoms with van der Waals surface area (Å²) in [6.45, 7) is 18.8. The second-order valence-corrected chi connectivity index (χ2v) is 16.1. The average molecular weight is 471 g/mol. The molecule has 0 aromatic heterocycles. The fourth-order valence-electron chi connectivity index (χ4n) is 5.48. The van der Waals surface area contributed by atoms with Crippen LogP contribution in [0.25, 0.3) is 0 Å². The van der Waals surface area contributed by atoms with Gasteiger partial charge in [0.15, 0.2) is 5.41 Å². The number of methoxy groups -OCH3 is 1. The summed E-state index contributed by atoms with van der Waals surface area (Å²) in [6.07, 6.45) is 10.9. The number of nitrogens with zero attached hydrogens (tertiary/aromatic N) is 2. The van der Waals surface area contributed by atoms with Crippen LogP contribution in [0.2, 0.25) is 16.6 Å². The molecule has 0 aromatic carbocycles. The van der Waals surface area contributed by atoms with Crippen LogP contribution < -0.4 is 0 Å². The van der Waals surface area contributed by atoms with Crippen molar-refractivity contribution in [3.05, 3.63) is 35.5 Å². The Morgan fingerprint density at radius 2 is 1.64 bits per heavy atom. The molecule has 4 nitrogen and oxygen atoms in total. The Balaban J connectivity index is 3.45. The molecule has 5 heteroatoms. The highest BCUT2D eigenvalue weighted by Crippen LogP contribution is 2.44. The second kappa shape index (κ2) is 13.3. The zero-order chi connectivity index (χ0) is 25.2. The van der Waals surface area contributed by atoms with Gasteiger partial charge in [0.2, 0.25) is 8.32 Å². The van der Waals surface area contributed by atoms with Crippen LogP contribution in [0.3, 0.4) is 0 Å². The summed E-state index contributed by atoms with van der Waals surface area (Å²) in [6, 6.07) is 4.57. The van der Waals surface area contributed by atoms with Gasteiger partial charge in [-0.15, -0.1) is 0 Å². The third-order valence-electron chi connectivity index (χ3n) is 7.45. The molecule has 0 unspecified atom stereocenters. The molecule has 0 bridgehead atoms. The molecule has 0 heterocycles. The van der Waals surface area contributed by atoms with Gasteiger partial charge in [-0.1, -0.05) is 78.3 Å². The van der Waals surface area contributed by atoms with Gasteiger partial charge in [-0.2, -0.15) is 10.5 Å². The van der Waals surface area contributed by atoms with Crippen LogP contribution >= 0.6 is 0 Å². The van der Waals surface area contributed by atoms with E-state index >= 15 is 0 Å². The lowest BCUT2D eigenvalue weighted by molar-refractivity contribution is 0.130. The summed E-state index contributed by atoms with van der Waals surface area (Å²) in [7, 11) is -0.351. The van der Waals surface area contributed by atoms with Crippen LogP contribution in [-0.4, -0.2) is 28.1 Å². The molecule has 1 aliphatic carbocycles. The molecule has 0 saturated heterocycles. The summed E-state index contributed by atoms with van der Waals surface area (Å²) < 4.78 is 12.7. The number of allylic oxidation sites excluding steroid dienone is 4. The van der Waals surface area contributed by atoms with E-state index in [1.54, 1.807) is 7.11 Å². The minimum Gasteiger partial charge on any atom is -0.413 e. The first-order valence-electron chi connectivity index (χ1n) is 12.5. The van der Waals surface area contributed by atoms with Gasteiger partial charge in [-0.25, -0.2) is 0 Å². The maximum Gasteiger partial charge on any atom is 0.200 e. The van der Waals surface area contributed by atoms with E-state index < -0.39 is 13.7 Å². The van der Waals surface area contributed by atoms with Crippen LogP contribution in [0.4, 0.5) is 0 Å². The number of nitriles is 2. The lowest BCUT2D eigenvalue weighted by Crippen LogP contribution is -2.51. The van der Waals surface area contributed by atoms with E-state index in [2.05, 4.69) is 79.7 Å². The Kier molecular flexibility index (Phi) is 11.8. The molecule has 1 aliphatic rings. The van der Waals surface area contributed by atoms with Crippen LogP contribution in [0.15, 0.2) is 35.5 Å². The van der Waals surface area contributed by atoms with E-state index in [1.165, 1.54) is 5.57 Å². The predicted octanol–water partition coefficient (Wildman–Crippen LogP) is 7.87. The Morgan fingerprint density at radius 3 is 2.12 bits per heavy atom. The SMILES string of the molecule is COC/C1=C(/C)CC[C@H](O[Si](C(C)C)(C(C)C)C(C)C)[C@@H](C)/C=C/C=C\CC(C#N)(C#N)C1. The lowest BCUT2D eigenvalue weighted by Gasteiger charge is -2.45. The van der Waals surface area contributed by atoms with Crippen molar-refractivity contribution in [1.29, 1.82) is 10.5 Å². The third-order valence-corrected chi connectivity index (χ3v) is 13.6. The molecule has 1 rings (SSSR count). The normalized spacial score (nSPS) is 26.7. The Labute approximate surface area is 204 Å². The number of hydrogen-bond donors (Lipinski definition) is 0. The minimum atomic E-state index is -2.02. The molecule has 33 heavy (non-hydrogen) atoms. The average Bonchev–Trinajstić information content (AvgIpc) is 2.76. The Morgan fingerprint density at radius 1 is 1.06 bits per heavy atom. The largest absolute Gasteiger partial charge is 0.413 e. The molecule has 0 aromatic rings. The molecule has 0 aliphatic heterocycles. The van der Waals surface area contributed by atoms with E-state index in [9.17, 15) is 10.5 Å². The van der Waals surface area contributed by atoms with Crippen molar-refractivity contribution < 1.29 is 9.16 Å².